The Morgan fingerprint density at radius 1 is 1.50 bits per heavy atom. The molecule has 1 aliphatic rings. The molecular formula is C14H15ClFN3O. The van der Waals surface area contributed by atoms with Gasteiger partial charge in [0.1, 0.15) is 11.4 Å². The number of benzene rings is 1. The van der Waals surface area contributed by atoms with Crippen LogP contribution in [0.4, 0.5) is 4.39 Å². The first-order valence-electron chi connectivity index (χ1n) is 6.33. The predicted molar refractivity (Wildman–Crippen MR) is 74.0 cm³/mol. The number of nitriles is 1. The van der Waals surface area contributed by atoms with Crippen molar-refractivity contribution < 1.29 is 9.18 Å². The van der Waals surface area contributed by atoms with Gasteiger partial charge in [-0.05, 0) is 38.1 Å². The third-order valence-corrected chi connectivity index (χ3v) is 3.82. The number of nitrogens with one attached hydrogen (secondary N) is 1. The lowest BCUT2D eigenvalue weighted by atomic mass is 9.89. The maximum Gasteiger partial charge on any atom is 0.255 e. The number of halogens is 2. The Balaban J connectivity index is 2.18. The van der Waals surface area contributed by atoms with Crippen molar-refractivity contribution in [3.8, 4) is 6.07 Å². The van der Waals surface area contributed by atoms with Crippen LogP contribution in [0.5, 0.6) is 0 Å². The maximum atomic E-state index is 13.7. The summed E-state index contributed by atoms with van der Waals surface area (Å²) in [5.74, 6) is -1.25. The van der Waals surface area contributed by atoms with Gasteiger partial charge >= 0.3 is 0 Å². The smallest absolute Gasteiger partial charge is 0.255 e. The fourth-order valence-electron chi connectivity index (χ4n) is 2.22. The van der Waals surface area contributed by atoms with Crippen LogP contribution in [-0.2, 0) is 0 Å². The molecule has 1 heterocycles. The van der Waals surface area contributed by atoms with Crippen LogP contribution < -0.4 is 5.32 Å². The molecule has 1 aromatic carbocycles. The Hall–Kier alpha value is -1.64. The highest BCUT2D eigenvalue weighted by Crippen LogP contribution is 2.22. The number of hydrogen-bond acceptors (Lipinski definition) is 3. The second kappa shape index (κ2) is 5.78. The van der Waals surface area contributed by atoms with Crippen LogP contribution in [-0.4, -0.2) is 36.5 Å². The first-order chi connectivity index (χ1) is 9.46. The Bertz CT molecular complexity index is 562. The molecule has 0 radical (unpaired) electrons. The second-order valence-corrected chi connectivity index (χ2v) is 5.51. The lowest BCUT2D eigenvalue weighted by Gasteiger charge is -2.36. The van der Waals surface area contributed by atoms with Gasteiger partial charge in [0.15, 0.2) is 0 Å². The minimum absolute atomic E-state index is 0.133. The molecule has 1 fully saturated rings. The Morgan fingerprint density at radius 3 is 2.75 bits per heavy atom. The van der Waals surface area contributed by atoms with Gasteiger partial charge in [-0.2, -0.15) is 5.26 Å². The monoisotopic (exact) mass is 295 g/mol. The molecule has 1 saturated heterocycles. The average molecular weight is 296 g/mol. The van der Waals surface area contributed by atoms with Crippen LogP contribution in [0.2, 0.25) is 5.02 Å². The number of amides is 1. The van der Waals surface area contributed by atoms with E-state index in [0.29, 0.717) is 25.9 Å². The van der Waals surface area contributed by atoms with Crippen molar-refractivity contribution in [3.63, 3.8) is 0 Å². The van der Waals surface area contributed by atoms with Gasteiger partial charge in [-0.25, -0.2) is 4.39 Å². The highest BCUT2D eigenvalue weighted by atomic mass is 35.5. The van der Waals surface area contributed by atoms with E-state index in [-0.39, 0.29) is 10.6 Å². The van der Waals surface area contributed by atoms with E-state index in [1.54, 1.807) is 0 Å². The summed E-state index contributed by atoms with van der Waals surface area (Å²) in [7, 11) is 1.96. The molecule has 0 atom stereocenters. The van der Waals surface area contributed by atoms with Gasteiger partial charge in [0.25, 0.3) is 5.91 Å². The van der Waals surface area contributed by atoms with Gasteiger partial charge < -0.3 is 10.2 Å². The number of carbonyl (C=O) groups is 1. The molecule has 1 aliphatic heterocycles. The van der Waals surface area contributed by atoms with Crippen LogP contribution >= 0.6 is 11.6 Å². The first-order valence-corrected chi connectivity index (χ1v) is 6.71. The minimum atomic E-state index is -0.932. The summed E-state index contributed by atoms with van der Waals surface area (Å²) in [6, 6.07) is 5.95. The molecule has 20 heavy (non-hydrogen) atoms. The molecular weight excluding hydrogens is 281 g/mol. The van der Waals surface area contributed by atoms with Crippen LogP contribution in [0, 0.1) is 17.1 Å². The summed E-state index contributed by atoms with van der Waals surface area (Å²) >= 11 is 5.77. The Kier molecular flexibility index (Phi) is 4.26. The van der Waals surface area contributed by atoms with E-state index >= 15 is 0 Å². The van der Waals surface area contributed by atoms with E-state index in [1.165, 1.54) is 12.1 Å². The SMILES string of the molecule is CN1CCC(C#N)(NC(=O)c2cc(Cl)ccc2F)CC1. The summed E-state index contributed by atoms with van der Waals surface area (Å²) in [5, 5.41) is 12.3. The summed E-state index contributed by atoms with van der Waals surface area (Å²) in [6.45, 7) is 1.43. The summed E-state index contributed by atoms with van der Waals surface area (Å²) in [6.07, 6.45) is 1.04. The van der Waals surface area contributed by atoms with Crippen LogP contribution in [0.3, 0.4) is 0 Å². The molecule has 1 N–H and O–H groups in total. The Labute approximate surface area is 122 Å². The molecule has 0 bridgehead atoms. The fraction of sp³-hybridized carbons (Fsp3) is 0.429. The Morgan fingerprint density at radius 2 is 2.15 bits per heavy atom. The highest BCUT2D eigenvalue weighted by Gasteiger charge is 2.35. The van der Waals surface area contributed by atoms with Crippen molar-refractivity contribution in [3.05, 3.63) is 34.6 Å². The fourth-order valence-corrected chi connectivity index (χ4v) is 2.39. The zero-order valence-corrected chi connectivity index (χ0v) is 11.9. The van der Waals surface area contributed by atoms with Crippen molar-refractivity contribution in [1.29, 1.82) is 5.26 Å². The number of likely N-dealkylation sites (tertiary alicyclic amines) is 1. The van der Waals surface area contributed by atoms with Crippen molar-refractivity contribution in [2.75, 3.05) is 20.1 Å². The van der Waals surface area contributed by atoms with E-state index in [4.69, 9.17) is 11.6 Å². The number of nitrogens with zero attached hydrogens (tertiary/aromatic N) is 2. The number of hydrogen-bond donors (Lipinski definition) is 1. The van der Waals surface area contributed by atoms with Gasteiger partial charge in [0.2, 0.25) is 0 Å². The topological polar surface area (TPSA) is 56.1 Å². The third-order valence-electron chi connectivity index (χ3n) is 3.58. The minimum Gasteiger partial charge on any atom is -0.334 e. The van der Waals surface area contributed by atoms with Crippen molar-refractivity contribution in [1.82, 2.24) is 10.2 Å². The van der Waals surface area contributed by atoms with Crippen molar-refractivity contribution in [2.45, 2.75) is 18.4 Å². The number of piperidine rings is 1. The van der Waals surface area contributed by atoms with Gasteiger partial charge in [-0.15, -0.1) is 0 Å². The van der Waals surface area contributed by atoms with E-state index < -0.39 is 17.3 Å². The van der Waals surface area contributed by atoms with Crippen LogP contribution in [0.25, 0.3) is 0 Å². The summed E-state index contributed by atoms with van der Waals surface area (Å²) in [5.41, 5.74) is -1.07. The maximum absolute atomic E-state index is 13.7. The summed E-state index contributed by atoms with van der Waals surface area (Å²) in [4.78, 5) is 14.2. The van der Waals surface area contributed by atoms with E-state index in [2.05, 4.69) is 16.3 Å². The van der Waals surface area contributed by atoms with E-state index in [0.717, 1.165) is 6.07 Å². The number of rotatable bonds is 2. The van der Waals surface area contributed by atoms with Gasteiger partial charge in [0, 0.05) is 18.1 Å². The average Bonchev–Trinajstić information content (AvgIpc) is 2.44. The lowest BCUT2D eigenvalue weighted by Crippen LogP contribution is -2.53. The molecule has 0 aromatic heterocycles. The molecule has 0 unspecified atom stereocenters. The van der Waals surface area contributed by atoms with E-state index in [1.807, 2.05) is 7.05 Å². The zero-order chi connectivity index (χ0) is 14.8. The lowest BCUT2D eigenvalue weighted by molar-refractivity contribution is 0.0878. The molecule has 106 valence electrons. The molecule has 0 saturated carbocycles. The highest BCUT2D eigenvalue weighted by molar-refractivity contribution is 6.31. The van der Waals surface area contributed by atoms with Crippen LogP contribution in [0.15, 0.2) is 18.2 Å². The third kappa shape index (κ3) is 3.09. The van der Waals surface area contributed by atoms with Crippen LogP contribution in [0.1, 0.15) is 23.2 Å². The van der Waals surface area contributed by atoms with Crippen molar-refractivity contribution >= 4 is 17.5 Å². The van der Waals surface area contributed by atoms with Gasteiger partial charge in [-0.1, -0.05) is 11.6 Å². The normalized spacial score (nSPS) is 18.3. The number of carbonyl (C=O) groups excluding carboxylic acids is 1. The standard InChI is InChI=1S/C14H15ClFN3O/c1-19-6-4-14(9-17,5-7-19)18-13(20)11-8-10(15)2-3-12(11)16/h2-3,8H,4-7H2,1H3,(H,18,20). The predicted octanol–water partition coefficient (Wildman–Crippen LogP) is 2.20. The molecule has 2 rings (SSSR count). The summed E-state index contributed by atoms with van der Waals surface area (Å²) < 4.78 is 13.7. The molecule has 0 aliphatic carbocycles. The first kappa shape index (κ1) is 14.8. The van der Waals surface area contributed by atoms with Crippen molar-refractivity contribution in [2.24, 2.45) is 0 Å². The van der Waals surface area contributed by atoms with E-state index in [9.17, 15) is 14.4 Å². The van der Waals surface area contributed by atoms with Gasteiger partial charge in [0.05, 0.1) is 11.6 Å². The molecule has 4 nitrogen and oxygen atoms in total. The molecule has 1 aromatic rings. The quantitative estimate of drug-likeness (QED) is 0.910. The molecule has 0 spiro atoms. The second-order valence-electron chi connectivity index (χ2n) is 5.08. The molecule has 1 amide bonds. The zero-order valence-electron chi connectivity index (χ0n) is 11.1. The van der Waals surface area contributed by atoms with Gasteiger partial charge in [-0.3, -0.25) is 4.79 Å². The largest absolute Gasteiger partial charge is 0.334 e. The molecule has 6 heteroatoms.